The molecule has 0 atom stereocenters. The van der Waals surface area contributed by atoms with E-state index in [0.29, 0.717) is 31.9 Å². The topological polar surface area (TPSA) is 54.3 Å². The summed E-state index contributed by atoms with van der Waals surface area (Å²) < 4.78 is 28.7. The number of aromatic nitrogens is 3. The van der Waals surface area contributed by atoms with Crippen molar-refractivity contribution in [3.05, 3.63) is 114 Å². The SMILES string of the molecule is O=C(c1cn(-c2ccccc2)nn1)N1CCN(C(c2ccc(F)cc2)c2ccc(F)cc2)CC1. The largest absolute Gasteiger partial charge is 0.335 e. The summed E-state index contributed by atoms with van der Waals surface area (Å²) >= 11 is 0. The molecule has 0 saturated carbocycles. The summed E-state index contributed by atoms with van der Waals surface area (Å²) in [6, 6.07) is 22.1. The molecule has 1 aliphatic heterocycles. The second-order valence-electron chi connectivity index (χ2n) is 8.22. The van der Waals surface area contributed by atoms with Crippen LogP contribution in [0.5, 0.6) is 0 Å². The summed E-state index contributed by atoms with van der Waals surface area (Å²) in [5.74, 6) is -0.775. The Kier molecular flexibility index (Phi) is 6.14. The second kappa shape index (κ2) is 9.52. The molecule has 6 nitrogen and oxygen atoms in total. The van der Waals surface area contributed by atoms with Crippen LogP contribution in [0.2, 0.25) is 0 Å². The average Bonchev–Trinajstić information content (AvgIpc) is 3.37. The lowest BCUT2D eigenvalue weighted by molar-refractivity contribution is 0.0591. The molecule has 1 amide bonds. The van der Waals surface area contributed by atoms with E-state index in [9.17, 15) is 13.6 Å². The monoisotopic (exact) mass is 459 g/mol. The Morgan fingerprint density at radius 2 is 1.32 bits per heavy atom. The van der Waals surface area contributed by atoms with E-state index in [-0.39, 0.29) is 23.6 Å². The van der Waals surface area contributed by atoms with E-state index >= 15 is 0 Å². The Labute approximate surface area is 196 Å². The first kappa shape index (κ1) is 21.9. The van der Waals surface area contributed by atoms with Gasteiger partial charge in [-0.05, 0) is 47.5 Å². The number of rotatable bonds is 5. The molecule has 0 radical (unpaired) electrons. The molecular formula is C26H23F2N5O. The maximum Gasteiger partial charge on any atom is 0.276 e. The van der Waals surface area contributed by atoms with Gasteiger partial charge in [0.1, 0.15) is 11.6 Å². The van der Waals surface area contributed by atoms with Crippen LogP contribution >= 0.6 is 0 Å². The Hall–Kier alpha value is -3.91. The quantitative estimate of drug-likeness (QED) is 0.451. The number of carbonyl (C=O) groups excluding carboxylic acids is 1. The highest BCUT2D eigenvalue weighted by molar-refractivity contribution is 5.92. The van der Waals surface area contributed by atoms with Crippen LogP contribution in [0.25, 0.3) is 5.69 Å². The van der Waals surface area contributed by atoms with Crippen molar-refractivity contribution in [2.24, 2.45) is 0 Å². The Morgan fingerprint density at radius 3 is 1.88 bits per heavy atom. The molecule has 0 aliphatic carbocycles. The van der Waals surface area contributed by atoms with Crippen molar-refractivity contribution in [3.8, 4) is 5.69 Å². The Balaban J connectivity index is 1.31. The standard InChI is InChI=1S/C26H23F2N5O/c27-21-10-6-19(7-11-21)25(20-8-12-22(28)13-9-20)31-14-16-32(17-15-31)26(34)24-18-33(30-29-24)23-4-2-1-3-5-23/h1-13,18,25H,14-17H2. The number of para-hydroxylation sites is 1. The van der Waals surface area contributed by atoms with E-state index in [1.165, 1.54) is 24.3 Å². The van der Waals surface area contributed by atoms with Gasteiger partial charge in [0.25, 0.3) is 5.91 Å². The molecule has 1 aromatic heterocycles. The molecule has 1 saturated heterocycles. The third kappa shape index (κ3) is 4.58. The lowest BCUT2D eigenvalue weighted by atomic mass is 9.96. The second-order valence-corrected chi connectivity index (χ2v) is 8.22. The molecule has 0 bridgehead atoms. The number of halogens is 2. The van der Waals surface area contributed by atoms with Crippen molar-refractivity contribution in [3.63, 3.8) is 0 Å². The molecule has 1 aliphatic rings. The van der Waals surface area contributed by atoms with Gasteiger partial charge in [0, 0.05) is 26.2 Å². The molecule has 5 rings (SSSR count). The maximum absolute atomic E-state index is 13.5. The minimum absolute atomic E-state index is 0.165. The van der Waals surface area contributed by atoms with Crippen molar-refractivity contribution in [2.75, 3.05) is 26.2 Å². The molecule has 0 spiro atoms. The lowest BCUT2D eigenvalue weighted by Gasteiger charge is -2.39. The summed E-state index contributed by atoms with van der Waals surface area (Å²) in [4.78, 5) is 17.0. The highest BCUT2D eigenvalue weighted by atomic mass is 19.1. The van der Waals surface area contributed by atoms with E-state index in [2.05, 4.69) is 15.2 Å². The lowest BCUT2D eigenvalue weighted by Crippen LogP contribution is -2.50. The number of carbonyl (C=O) groups is 1. The van der Waals surface area contributed by atoms with E-state index < -0.39 is 0 Å². The molecule has 0 unspecified atom stereocenters. The predicted octanol–water partition coefficient (Wildman–Crippen LogP) is 4.09. The van der Waals surface area contributed by atoms with Gasteiger partial charge in [0.2, 0.25) is 0 Å². The highest BCUT2D eigenvalue weighted by Crippen LogP contribution is 2.30. The molecular weight excluding hydrogens is 436 g/mol. The number of benzene rings is 3. The van der Waals surface area contributed by atoms with Crippen molar-refractivity contribution in [1.29, 1.82) is 0 Å². The normalized spacial score (nSPS) is 14.5. The smallest absolute Gasteiger partial charge is 0.276 e. The number of hydrogen-bond acceptors (Lipinski definition) is 4. The zero-order valence-electron chi connectivity index (χ0n) is 18.4. The molecule has 172 valence electrons. The van der Waals surface area contributed by atoms with Gasteiger partial charge in [-0.2, -0.15) is 0 Å². The van der Waals surface area contributed by atoms with Gasteiger partial charge in [-0.25, -0.2) is 13.5 Å². The number of amides is 1. The summed E-state index contributed by atoms with van der Waals surface area (Å²) in [5.41, 5.74) is 2.96. The Bertz CT molecular complexity index is 1210. The minimum Gasteiger partial charge on any atom is -0.335 e. The third-order valence-corrected chi connectivity index (χ3v) is 6.07. The van der Waals surface area contributed by atoms with Gasteiger partial charge in [0.15, 0.2) is 5.69 Å². The first-order chi connectivity index (χ1) is 16.6. The van der Waals surface area contributed by atoms with Gasteiger partial charge in [-0.15, -0.1) is 5.10 Å². The van der Waals surface area contributed by atoms with Crippen LogP contribution in [0.15, 0.2) is 85.1 Å². The van der Waals surface area contributed by atoms with E-state index in [1.54, 1.807) is 40.0 Å². The van der Waals surface area contributed by atoms with Crippen molar-refractivity contribution in [1.82, 2.24) is 24.8 Å². The maximum atomic E-state index is 13.5. The van der Waals surface area contributed by atoms with E-state index in [4.69, 9.17) is 0 Å². The van der Waals surface area contributed by atoms with Gasteiger partial charge in [0.05, 0.1) is 17.9 Å². The average molecular weight is 460 g/mol. The van der Waals surface area contributed by atoms with Crippen LogP contribution < -0.4 is 0 Å². The molecule has 3 aromatic carbocycles. The summed E-state index contributed by atoms with van der Waals surface area (Å²) in [7, 11) is 0. The fourth-order valence-corrected chi connectivity index (χ4v) is 4.32. The molecule has 34 heavy (non-hydrogen) atoms. The molecule has 0 N–H and O–H groups in total. The van der Waals surface area contributed by atoms with Crippen LogP contribution in [0, 0.1) is 11.6 Å². The van der Waals surface area contributed by atoms with Crippen LogP contribution in [0.1, 0.15) is 27.7 Å². The first-order valence-corrected chi connectivity index (χ1v) is 11.1. The highest BCUT2D eigenvalue weighted by Gasteiger charge is 2.29. The van der Waals surface area contributed by atoms with Crippen LogP contribution in [0.4, 0.5) is 8.78 Å². The minimum atomic E-state index is -0.305. The van der Waals surface area contributed by atoms with Crippen molar-refractivity contribution in [2.45, 2.75) is 6.04 Å². The van der Waals surface area contributed by atoms with Crippen molar-refractivity contribution >= 4 is 5.91 Å². The third-order valence-electron chi connectivity index (χ3n) is 6.07. The predicted molar refractivity (Wildman–Crippen MR) is 123 cm³/mol. The summed E-state index contributed by atoms with van der Waals surface area (Å²) in [6.07, 6.45) is 1.64. The van der Waals surface area contributed by atoms with E-state index in [0.717, 1.165) is 16.8 Å². The van der Waals surface area contributed by atoms with Crippen molar-refractivity contribution < 1.29 is 13.6 Å². The van der Waals surface area contributed by atoms with E-state index in [1.807, 2.05) is 30.3 Å². The van der Waals surface area contributed by atoms with Gasteiger partial charge >= 0.3 is 0 Å². The van der Waals surface area contributed by atoms with Gasteiger partial charge in [-0.1, -0.05) is 47.7 Å². The number of piperazine rings is 1. The summed E-state index contributed by atoms with van der Waals surface area (Å²) in [5, 5.41) is 8.16. The van der Waals surface area contributed by atoms with Crippen LogP contribution in [-0.2, 0) is 0 Å². The molecule has 8 heteroatoms. The van der Waals surface area contributed by atoms with Gasteiger partial charge < -0.3 is 4.90 Å². The zero-order chi connectivity index (χ0) is 23.5. The van der Waals surface area contributed by atoms with Crippen LogP contribution in [-0.4, -0.2) is 56.9 Å². The number of hydrogen-bond donors (Lipinski definition) is 0. The number of nitrogens with zero attached hydrogens (tertiary/aromatic N) is 5. The molecule has 4 aromatic rings. The summed E-state index contributed by atoms with van der Waals surface area (Å²) in [6.45, 7) is 2.24. The van der Waals surface area contributed by atoms with Gasteiger partial charge in [-0.3, -0.25) is 9.69 Å². The fourth-order valence-electron chi connectivity index (χ4n) is 4.32. The fraction of sp³-hybridized carbons (Fsp3) is 0.192. The van der Waals surface area contributed by atoms with Crippen LogP contribution in [0.3, 0.4) is 0 Å². The molecule has 2 heterocycles. The zero-order valence-corrected chi connectivity index (χ0v) is 18.4. The first-order valence-electron chi connectivity index (χ1n) is 11.1. The molecule has 1 fully saturated rings. The Morgan fingerprint density at radius 1 is 0.765 bits per heavy atom.